The molecule has 0 bridgehead atoms. The van der Waals surface area contributed by atoms with Crippen molar-refractivity contribution in [2.75, 3.05) is 17.7 Å². The molecule has 0 radical (unpaired) electrons. The second-order valence-corrected chi connectivity index (χ2v) is 7.55. The number of methoxy groups -OCH3 is 1. The Morgan fingerprint density at radius 2 is 1.67 bits per heavy atom. The van der Waals surface area contributed by atoms with Gasteiger partial charge >= 0.3 is 0 Å². The van der Waals surface area contributed by atoms with E-state index in [4.69, 9.17) is 16.3 Å². The number of nitrogens with one attached hydrogen (secondary N) is 2. The molecule has 27 heavy (non-hydrogen) atoms. The van der Waals surface area contributed by atoms with Gasteiger partial charge in [0, 0.05) is 10.7 Å². The molecule has 0 aromatic heterocycles. The third kappa shape index (κ3) is 4.08. The van der Waals surface area contributed by atoms with Crippen LogP contribution in [0.5, 0.6) is 5.75 Å². The molecule has 6 heteroatoms. The van der Waals surface area contributed by atoms with Crippen LogP contribution in [0.4, 0.5) is 11.4 Å². The van der Waals surface area contributed by atoms with Crippen molar-refractivity contribution in [1.29, 1.82) is 0 Å². The van der Waals surface area contributed by atoms with E-state index < -0.39 is 5.41 Å². The second kappa shape index (κ2) is 7.61. The lowest BCUT2D eigenvalue weighted by Gasteiger charge is -2.17. The molecule has 0 aliphatic heterocycles. The van der Waals surface area contributed by atoms with Crippen molar-refractivity contribution >= 4 is 34.8 Å². The summed E-state index contributed by atoms with van der Waals surface area (Å²) in [6.45, 7) is 4.22. The maximum absolute atomic E-state index is 12.8. The maximum atomic E-state index is 12.8. The first kappa shape index (κ1) is 19.2. The fraction of sp³-hybridized carbons (Fsp3) is 0.333. The van der Waals surface area contributed by atoms with Gasteiger partial charge in [0.1, 0.15) is 11.2 Å². The van der Waals surface area contributed by atoms with Gasteiger partial charge in [0.15, 0.2) is 0 Å². The molecular formula is C21H23ClN2O3. The van der Waals surface area contributed by atoms with Gasteiger partial charge in [-0.2, -0.15) is 0 Å². The summed E-state index contributed by atoms with van der Waals surface area (Å²) < 4.78 is 5.25. The van der Waals surface area contributed by atoms with Crippen LogP contribution in [0.2, 0.25) is 5.02 Å². The van der Waals surface area contributed by atoms with Gasteiger partial charge in [0.05, 0.1) is 12.8 Å². The van der Waals surface area contributed by atoms with E-state index in [0.29, 0.717) is 40.9 Å². The van der Waals surface area contributed by atoms with Gasteiger partial charge in [0.25, 0.3) is 0 Å². The van der Waals surface area contributed by atoms with E-state index in [2.05, 4.69) is 24.5 Å². The number of carbonyl (C=O) groups excluding carboxylic acids is 2. The Morgan fingerprint density at radius 3 is 2.22 bits per heavy atom. The summed E-state index contributed by atoms with van der Waals surface area (Å²) >= 11 is 6.01. The topological polar surface area (TPSA) is 67.4 Å². The first-order valence-electron chi connectivity index (χ1n) is 8.92. The number of amides is 2. The molecule has 2 aromatic carbocycles. The molecule has 0 unspecified atom stereocenters. The smallest absolute Gasteiger partial charge is 0.240 e. The second-order valence-electron chi connectivity index (χ2n) is 7.11. The molecule has 142 valence electrons. The Bertz CT molecular complexity index is 858. The monoisotopic (exact) mass is 386 g/mol. The minimum absolute atomic E-state index is 0.293. The molecule has 0 atom stereocenters. The predicted molar refractivity (Wildman–Crippen MR) is 107 cm³/mol. The van der Waals surface area contributed by atoms with Crippen LogP contribution in [0.1, 0.15) is 38.2 Å². The lowest BCUT2D eigenvalue weighted by Crippen LogP contribution is -2.35. The standard InChI is InChI=1S/C21H23ClN2O3/c1-13(2)14-4-7-16(8-5-14)23-19(25)21(10-11-21)20(26)24-17-12-15(22)6-9-18(17)27-3/h4-9,12-13H,10-11H2,1-3H3,(H,23,25)(H,24,26). The van der Waals surface area contributed by atoms with Gasteiger partial charge in [-0.25, -0.2) is 0 Å². The summed E-state index contributed by atoms with van der Waals surface area (Å²) in [5, 5.41) is 6.12. The summed E-state index contributed by atoms with van der Waals surface area (Å²) in [7, 11) is 1.51. The predicted octanol–water partition coefficient (Wildman–Crippen LogP) is 4.83. The van der Waals surface area contributed by atoms with Crippen LogP contribution in [-0.2, 0) is 9.59 Å². The average molecular weight is 387 g/mol. The third-order valence-electron chi connectivity index (χ3n) is 4.86. The van der Waals surface area contributed by atoms with E-state index >= 15 is 0 Å². The zero-order valence-electron chi connectivity index (χ0n) is 15.6. The molecule has 2 N–H and O–H groups in total. The normalized spacial score (nSPS) is 14.6. The van der Waals surface area contributed by atoms with Gasteiger partial charge in [-0.15, -0.1) is 0 Å². The van der Waals surface area contributed by atoms with Crippen molar-refractivity contribution in [3.05, 3.63) is 53.1 Å². The molecule has 1 fully saturated rings. The number of carbonyl (C=O) groups is 2. The average Bonchev–Trinajstić information content (AvgIpc) is 3.44. The summed E-state index contributed by atoms with van der Waals surface area (Å²) in [5.41, 5.74) is 1.28. The minimum atomic E-state index is -1.05. The molecule has 1 saturated carbocycles. The SMILES string of the molecule is COc1ccc(Cl)cc1NC(=O)C1(C(=O)Nc2ccc(C(C)C)cc2)CC1. The van der Waals surface area contributed by atoms with Gasteiger partial charge in [-0.3, -0.25) is 9.59 Å². The lowest BCUT2D eigenvalue weighted by molar-refractivity contribution is -0.131. The van der Waals surface area contributed by atoms with E-state index in [1.165, 1.54) is 12.7 Å². The highest BCUT2D eigenvalue weighted by atomic mass is 35.5. The number of ether oxygens (including phenoxy) is 1. The Hall–Kier alpha value is -2.53. The lowest BCUT2D eigenvalue weighted by atomic mass is 10.0. The number of hydrogen-bond donors (Lipinski definition) is 2. The van der Waals surface area contributed by atoms with Crippen molar-refractivity contribution in [2.24, 2.45) is 5.41 Å². The number of rotatable bonds is 6. The molecule has 2 aromatic rings. The Balaban J connectivity index is 1.71. The largest absolute Gasteiger partial charge is 0.495 e. The highest BCUT2D eigenvalue weighted by molar-refractivity contribution is 6.31. The van der Waals surface area contributed by atoms with Crippen LogP contribution >= 0.6 is 11.6 Å². The number of hydrogen-bond acceptors (Lipinski definition) is 3. The summed E-state index contributed by atoms with van der Waals surface area (Å²) in [6, 6.07) is 12.6. The van der Waals surface area contributed by atoms with Crippen LogP contribution in [0, 0.1) is 5.41 Å². The Kier molecular flexibility index (Phi) is 5.42. The van der Waals surface area contributed by atoms with Crippen molar-refractivity contribution in [1.82, 2.24) is 0 Å². The van der Waals surface area contributed by atoms with Crippen molar-refractivity contribution in [3.63, 3.8) is 0 Å². The molecule has 1 aliphatic rings. The molecule has 3 rings (SSSR count). The van der Waals surface area contributed by atoms with Crippen molar-refractivity contribution in [2.45, 2.75) is 32.6 Å². The first-order chi connectivity index (χ1) is 12.9. The highest BCUT2D eigenvalue weighted by Gasteiger charge is 2.56. The molecule has 0 spiro atoms. The van der Waals surface area contributed by atoms with Gasteiger partial charge < -0.3 is 15.4 Å². The van der Waals surface area contributed by atoms with Crippen LogP contribution in [0.15, 0.2) is 42.5 Å². The molecule has 0 heterocycles. The number of halogens is 1. The zero-order valence-corrected chi connectivity index (χ0v) is 16.4. The minimum Gasteiger partial charge on any atom is -0.495 e. The summed E-state index contributed by atoms with van der Waals surface area (Å²) in [4.78, 5) is 25.5. The van der Waals surface area contributed by atoms with Crippen LogP contribution < -0.4 is 15.4 Å². The molecule has 0 saturated heterocycles. The third-order valence-corrected chi connectivity index (χ3v) is 5.10. The van der Waals surface area contributed by atoms with Crippen LogP contribution in [-0.4, -0.2) is 18.9 Å². The molecule has 2 amide bonds. The Labute approximate surface area is 164 Å². The fourth-order valence-electron chi connectivity index (χ4n) is 2.90. The van der Waals surface area contributed by atoms with Gasteiger partial charge in [0.2, 0.25) is 11.8 Å². The quantitative estimate of drug-likeness (QED) is 0.699. The maximum Gasteiger partial charge on any atom is 0.240 e. The zero-order chi connectivity index (χ0) is 19.6. The van der Waals surface area contributed by atoms with E-state index in [1.807, 2.05) is 24.3 Å². The van der Waals surface area contributed by atoms with Gasteiger partial charge in [-0.1, -0.05) is 37.6 Å². The van der Waals surface area contributed by atoms with Crippen molar-refractivity contribution in [3.8, 4) is 5.75 Å². The molecule has 1 aliphatic carbocycles. The number of benzene rings is 2. The summed E-state index contributed by atoms with van der Waals surface area (Å²) in [6.07, 6.45) is 1.02. The van der Waals surface area contributed by atoms with Crippen LogP contribution in [0.3, 0.4) is 0 Å². The number of anilines is 2. The Morgan fingerprint density at radius 1 is 1.04 bits per heavy atom. The van der Waals surface area contributed by atoms with E-state index in [1.54, 1.807) is 18.2 Å². The molecule has 5 nitrogen and oxygen atoms in total. The summed E-state index contributed by atoms with van der Waals surface area (Å²) in [5.74, 6) is 0.272. The van der Waals surface area contributed by atoms with E-state index in [-0.39, 0.29) is 11.8 Å². The van der Waals surface area contributed by atoms with Crippen LogP contribution in [0.25, 0.3) is 0 Å². The fourth-order valence-corrected chi connectivity index (χ4v) is 3.08. The van der Waals surface area contributed by atoms with Gasteiger partial charge in [-0.05, 0) is 54.7 Å². The first-order valence-corrected chi connectivity index (χ1v) is 9.30. The molecular weight excluding hydrogens is 364 g/mol. The highest BCUT2D eigenvalue weighted by Crippen LogP contribution is 2.48. The van der Waals surface area contributed by atoms with Crippen molar-refractivity contribution < 1.29 is 14.3 Å². The van der Waals surface area contributed by atoms with E-state index in [9.17, 15) is 9.59 Å². The van der Waals surface area contributed by atoms with E-state index in [0.717, 1.165) is 0 Å².